The fourth-order valence-corrected chi connectivity index (χ4v) is 4.35. The molecule has 2 N–H and O–H groups in total. The monoisotopic (exact) mass is 403 g/mol. The van der Waals surface area contributed by atoms with Crippen LogP contribution in [0.4, 0.5) is 0 Å². The Labute approximate surface area is 173 Å². The van der Waals surface area contributed by atoms with Crippen molar-refractivity contribution in [1.29, 1.82) is 0 Å². The second kappa shape index (κ2) is 10.2. The molecule has 3 rings (SSSR count). The molecule has 0 bridgehead atoms. The Balaban J connectivity index is 1.50. The molecular formula is C21H33N5OS. The molecule has 2 atom stereocenters. The average molecular weight is 404 g/mol. The standard InChI is InChI=1S/C21H33N5OS/c1-16-13-17(15-26(16)18-9-10-18)24-21(23-14-20(27)25(2)3)22-11-12-28-19-7-5-4-6-8-19/h4-8,16-18H,9-15H2,1-3H3,(H2,22,23,24). The SMILES string of the molecule is CC1CC(NC(=NCC(=O)N(C)C)NCCSc2ccccc2)CN1C1CC1. The number of aliphatic imine (C=N–C) groups is 1. The van der Waals surface area contributed by atoms with Gasteiger partial charge in [0.05, 0.1) is 0 Å². The van der Waals surface area contributed by atoms with E-state index in [9.17, 15) is 4.79 Å². The van der Waals surface area contributed by atoms with Crippen molar-refractivity contribution >= 4 is 23.6 Å². The van der Waals surface area contributed by atoms with Crippen LogP contribution in [0.25, 0.3) is 0 Å². The molecule has 2 unspecified atom stereocenters. The number of likely N-dealkylation sites (N-methyl/N-ethyl adjacent to an activating group) is 1. The number of nitrogens with zero attached hydrogens (tertiary/aromatic N) is 3. The summed E-state index contributed by atoms with van der Waals surface area (Å²) in [5.74, 6) is 1.71. The molecule has 2 aliphatic rings. The van der Waals surface area contributed by atoms with E-state index in [2.05, 4.69) is 51.7 Å². The molecule has 1 heterocycles. The summed E-state index contributed by atoms with van der Waals surface area (Å²) in [7, 11) is 3.53. The third kappa shape index (κ3) is 6.41. The Morgan fingerprint density at radius 3 is 2.71 bits per heavy atom. The second-order valence-electron chi connectivity index (χ2n) is 7.90. The van der Waals surface area contributed by atoms with Crippen molar-refractivity contribution in [2.45, 2.75) is 49.2 Å². The van der Waals surface area contributed by atoms with Gasteiger partial charge in [0.25, 0.3) is 0 Å². The lowest BCUT2D eigenvalue weighted by Gasteiger charge is -2.20. The molecule has 1 saturated carbocycles. The maximum atomic E-state index is 12.0. The number of thioether (sulfide) groups is 1. The van der Waals surface area contributed by atoms with Gasteiger partial charge < -0.3 is 15.5 Å². The number of guanidine groups is 1. The third-order valence-electron chi connectivity index (χ3n) is 5.26. The molecule has 28 heavy (non-hydrogen) atoms. The highest BCUT2D eigenvalue weighted by Crippen LogP contribution is 2.33. The minimum Gasteiger partial charge on any atom is -0.356 e. The first-order chi connectivity index (χ1) is 13.5. The zero-order chi connectivity index (χ0) is 19.9. The van der Waals surface area contributed by atoms with Crippen LogP contribution in [-0.2, 0) is 4.79 Å². The van der Waals surface area contributed by atoms with Crippen molar-refractivity contribution in [1.82, 2.24) is 20.4 Å². The van der Waals surface area contributed by atoms with Gasteiger partial charge in [0, 0.05) is 56.0 Å². The van der Waals surface area contributed by atoms with E-state index in [0.29, 0.717) is 12.1 Å². The molecule has 2 fully saturated rings. The highest BCUT2D eigenvalue weighted by atomic mass is 32.2. The zero-order valence-corrected chi connectivity index (χ0v) is 18.0. The largest absolute Gasteiger partial charge is 0.356 e. The molecule has 1 aromatic carbocycles. The van der Waals surface area contributed by atoms with Gasteiger partial charge in [-0.2, -0.15) is 0 Å². The summed E-state index contributed by atoms with van der Waals surface area (Å²) in [4.78, 5) is 22.0. The fourth-order valence-electron chi connectivity index (χ4n) is 3.56. The van der Waals surface area contributed by atoms with Crippen LogP contribution in [0.1, 0.15) is 26.2 Å². The molecule has 7 heteroatoms. The summed E-state index contributed by atoms with van der Waals surface area (Å²) in [6, 6.07) is 12.2. The van der Waals surface area contributed by atoms with E-state index in [0.717, 1.165) is 37.3 Å². The van der Waals surface area contributed by atoms with Gasteiger partial charge in [-0.05, 0) is 38.3 Å². The van der Waals surface area contributed by atoms with Gasteiger partial charge in [-0.3, -0.25) is 9.69 Å². The van der Waals surface area contributed by atoms with Crippen molar-refractivity contribution in [2.24, 2.45) is 4.99 Å². The normalized spacial score (nSPS) is 22.9. The average Bonchev–Trinajstić information content (AvgIpc) is 3.46. The van der Waals surface area contributed by atoms with Crippen molar-refractivity contribution < 1.29 is 4.79 Å². The highest BCUT2D eigenvalue weighted by Gasteiger charge is 2.38. The molecule has 0 aromatic heterocycles. The van der Waals surface area contributed by atoms with Crippen LogP contribution < -0.4 is 10.6 Å². The quantitative estimate of drug-likeness (QED) is 0.301. The number of hydrogen-bond donors (Lipinski definition) is 2. The first-order valence-electron chi connectivity index (χ1n) is 10.2. The number of likely N-dealkylation sites (tertiary alicyclic amines) is 1. The minimum atomic E-state index is 0.0131. The van der Waals surface area contributed by atoms with E-state index in [-0.39, 0.29) is 12.5 Å². The Morgan fingerprint density at radius 1 is 1.29 bits per heavy atom. The number of hydrogen-bond acceptors (Lipinski definition) is 4. The molecule has 1 amide bonds. The number of benzene rings is 1. The molecule has 6 nitrogen and oxygen atoms in total. The lowest BCUT2D eigenvalue weighted by molar-refractivity contribution is -0.127. The molecule has 1 aliphatic heterocycles. The van der Waals surface area contributed by atoms with E-state index in [1.807, 2.05) is 17.8 Å². The van der Waals surface area contributed by atoms with Crippen LogP contribution >= 0.6 is 11.8 Å². The second-order valence-corrected chi connectivity index (χ2v) is 9.06. The molecule has 1 saturated heterocycles. The van der Waals surface area contributed by atoms with E-state index in [1.54, 1.807) is 19.0 Å². The van der Waals surface area contributed by atoms with Gasteiger partial charge in [0.2, 0.25) is 5.91 Å². The Bertz CT molecular complexity index is 662. The summed E-state index contributed by atoms with van der Waals surface area (Å²) >= 11 is 1.82. The van der Waals surface area contributed by atoms with Crippen LogP contribution in [-0.4, -0.2) is 79.3 Å². The smallest absolute Gasteiger partial charge is 0.243 e. The first-order valence-corrected chi connectivity index (χ1v) is 11.2. The van der Waals surface area contributed by atoms with Crippen LogP contribution in [0.5, 0.6) is 0 Å². The molecule has 154 valence electrons. The van der Waals surface area contributed by atoms with Crippen LogP contribution in [0, 0.1) is 0 Å². The molecular weight excluding hydrogens is 370 g/mol. The number of amides is 1. The number of carbonyl (C=O) groups is 1. The number of carbonyl (C=O) groups excluding carboxylic acids is 1. The predicted molar refractivity (Wildman–Crippen MR) is 117 cm³/mol. The molecule has 1 aliphatic carbocycles. The molecule has 0 radical (unpaired) electrons. The maximum Gasteiger partial charge on any atom is 0.243 e. The Kier molecular flexibility index (Phi) is 7.62. The van der Waals surface area contributed by atoms with Gasteiger partial charge in [-0.1, -0.05) is 18.2 Å². The van der Waals surface area contributed by atoms with Gasteiger partial charge in [-0.25, -0.2) is 4.99 Å². The molecule has 0 spiro atoms. The van der Waals surface area contributed by atoms with Crippen molar-refractivity contribution in [3.8, 4) is 0 Å². The summed E-state index contributed by atoms with van der Waals surface area (Å²) in [6.07, 6.45) is 3.80. The van der Waals surface area contributed by atoms with Gasteiger partial charge in [0.15, 0.2) is 5.96 Å². The van der Waals surface area contributed by atoms with Gasteiger partial charge in [-0.15, -0.1) is 11.8 Å². The van der Waals surface area contributed by atoms with Gasteiger partial charge >= 0.3 is 0 Å². The summed E-state index contributed by atoms with van der Waals surface area (Å²) in [5.41, 5.74) is 0. The fraction of sp³-hybridized carbons (Fsp3) is 0.619. The van der Waals surface area contributed by atoms with E-state index < -0.39 is 0 Å². The summed E-state index contributed by atoms with van der Waals surface area (Å²) in [5, 5.41) is 6.98. The van der Waals surface area contributed by atoms with Gasteiger partial charge in [0.1, 0.15) is 6.54 Å². The predicted octanol–water partition coefficient (Wildman–Crippen LogP) is 2.03. The summed E-state index contributed by atoms with van der Waals surface area (Å²) in [6.45, 7) is 4.35. The van der Waals surface area contributed by atoms with Crippen molar-refractivity contribution in [3.05, 3.63) is 30.3 Å². The lowest BCUT2D eigenvalue weighted by atomic mass is 10.2. The third-order valence-corrected chi connectivity index (χ3v) is 6.27. The van der Waals surface area contributed by atoms with Crippen LogP contribution in [0.15, 0.2) is 40.2 Å². The minimum absolute atomic E-state index is 0.0131. The number of nitrogens with one attached hydrogen (secondary N) is 2. The topological polar surface area (TPSA) is 60.0 Å². The first kappa shape index (κ1) is 21.0. The summed E-state index contributed by atoms with van der Waals surface area (Å²) < 4.78 is 0. The molecule has 1 aromatic rings. The van der Waals surface area contributed by atoms with E-state index in [4.69, 9.17) is 0 Å². The van der Waals surface area contributed by atoms with E-state index in [1.165, 1.54) is 17.7 Å². The van der Waals surface area contributed by atoms with Crippen molar-refractivity contribution in [2.75, 3.05) is 39.5 Å². The van der Waals surface area contributed by atoms with Crippen molar-refractivity contribution in [3.63, 3.8) is 0 Å². The van der Waals surface area contributed by atoms with Crippen LogP contribution in [0.3, 0.4) is 0 Å². The maximum absolute atomic E-state index is 12.0. The van der Waals surface area contributed by atoms with Crippen LogP contribution in [0.2, 0.25) is 0 Å². The Hall–Kier alpha value is -1.73. The highest BCUT2D eigenvalue weighted by molar-refractivity contribution is 7.99. The van der Waals surface area contributed by atoms with E-state index >= 15 is 0 Å². The zero-order valence-electron chi connectivity index (χ0n) is 17.2. The Morgan fingerprint density at radius 2 is 2.04 bits per heavy atom. The lowest BCUT2D eigenvalue weighted by Crippen LogP contribution is -2.46. The number of rotatable bonds is 8.